The third-order valence-electron chi connectivity index (χ3n) is 7.92. The number of aromatic nitrogens is 3. The van der Waals surface area contributed by atoms with Crippen molar-refractivity contribution in [2.24, 2.45) is 5.92 Å². The molecule has 46 heavy (non-hydrogen) atoms. The van der Waals surface area contributed by atoms with Crippen LogP contribution < -0.4 is 10.9 Å². The minimum absolute atomic E-state index is 0.112. The molecule has 12 heteroatoms. The Hall–Kier alpha value is -4.45. The maximum Gasteiger partial charge on any atom is 0.305 e. The SMILES string of the molecule is Cc1cc(F)cc(C)c1-c1cc([C@@H](CC(=O)O)NC(=O)C(CC(C)C)n2cc(CCN(C)C)cc(C(F)F)c2=O)cn2ccnc12. The molecule has 2 atom stereocenters. The Morgan fingerprint density at radius 1 is 1.07 bits per heavy atom. The highest BCUT2D eigenvalue weighted by atomic mass is 19.3. The smallest absolute Gasteiger partial charge is 0.305 e. The average Bonchev–Trinajstić information content (AvgIpc) is 3.43. The number of halogens is 3. The van der Waals surface area contributed by atoms with Gasteiger partial charge in [0.25, 0.3) is 12.0 Å². The number of aryl methyl sites for hydroxylation is 2. The zero-order valence-electron chi connectivity index (χ0n) is 26.9. The minimum atomic E-state index is -3.04. The van der Waals surface area contributed by atoms with Gasteiger partial charge in [0.15, 0.2) is 0 Å². The highest BCUT2D eigenvalue weighted by Gasteiger charge is 2.30. The Kier molecular flexibility index (Phi) is 10.7. The largest absolute Gasteiger partial charge is 0.481 e. The van der Waals surface area contributed by atoms with Crippen LogP contribution in [0, 0.1) is 25.6 Å². The molecule has 3 aromatic heterocycles. The first-order valence-corrected chi connectivity index (χ1v) is 15.1. The molecule has 0 spiro atoms. The van der Waals surface area contributed by atoms with E-state index in [1.54, 1.807) is 42.9 Å². The number of benzene rings is 1. The van der Waals surface area contributed by atoms with Gasteiger partial charge >= 0.3 is 5.97 Å². The van der Waals surface area contributed by atoms with Crippen LogP contribution in [-0.2, 0) is 16.0 Å². The topological polar surface area (TPSA) is 109 Å². The molecule has 0 aliphatic rings. The van der Waals surface area contributed by atoms with E-state index in [1.807, 2.05) is 32.8 Å². The Bertz CT molecular complexity index is 1770. The van der Waals surface area contributed by atoms with Crippen LogP contribution in [0.3, 0.4) is 0 Å². The molecule has 1 unspecified atom stereocenters. The van der Waals surface area contributed by atoms with Gasteiger partial charge in [0.1, 0.15) is 17.5 Å². The van der Waals surface area contributed by atoms with Crippen molar-refractivity contribution in [1.82, 2.24) is 24.2 Å². The minimum Gasteiger partial charge on any atom is -0.481 e. The lowest BCUT2D eigenvalue weighted by molar-refractivity contribution is -0.138. The van der Waals surface area contributed by atoms with Crippen LogP contribution in [0.15, 0.2) is 53.8 Å². The van der Waals surface area contributed by atoms with Crippen molar-refractivity contribution < 1.29 is 27.9 Å². The number of carbonyl (C=O) groups excluding carboxylic acids is 1. The maximum absolute atomic E-state index is 14.2. The molecule has 0 saturated carbocycles. The normalized spacial score (nSPS) is 13.1. The monoisotopic (exact) mass is 639 g/mol. The summed E-state index contributed by atoms with van der Waals surface area (Å²) in [5, 5.41) is 12.7. The average molecular weight is 640 g/mol. The molecule has 0 radical (unpaired) electrons. The first-order chi connectivity index (χ1) is 21.7. The quantitative estimate of drug-likeness (QED) is 0.189. The highest BCUT2D eigenvalue weighted by molar-refractivity contribution is 5.84. The number of hydrogen-bond acceptors (Lipinski definition) is 5. The first-order valence-electron chi connectivity index (χ1n) is 15.1. The highest BCUT2D eigenvalue weighted by Crippen LogP contribution is 2.34. The lowest BCUT2D eigenvalue weighted by Crippen LogP contribution is -2.41. The van der Waals surface area contributed by atoms with E-state index in [0.29, 0.717) is 46.4 Å². The number of amides is 1. The van der Waals surface area contributed by atoms with Crippen LogP contribution in [0.4, 0.5) is 13.2 Å². The fourth-order valence-corrected chi connectivity index (χ4v) is 5.82. The predicted octanol–water partition coefficient (Wildman–Crippen LogP) is 5.88. The summed E-state index contributed by atoms with van der Waals surface area (Å²) in [5.74, 6) is -2.36. The van der Waals surface area contributed by atoms with E-state index in [9.17, 15) is 32.7 Å². The molecular formula is C34H40F3N5O4. The number of hydrogen-bond donors (Lipinski definition) is 2. The van der Waals surface area contributed by atoms with Gasteiger partial charge in [-0.15, -0.1) is 0 Å². The van der Waals surface area contributed by atoms with Crippen molar-refractivity contribution in [2.45, 2.75) is 65.5 Å². The fraction of sp³-hybridized carbons (Fsp3) is 0.412. The van der Waals surface area contributed by atoms with Gasteiger partial charge in [0, 0.05) is 36.9 Å². The van der Waals surface area contributed by atoms with Crippen LogP contribution >= 0.6 is 0 Å². The maximum atomic E-state index is 14.2. The fourth-order valence-electron chi connectivity index (χ4n) is 5.82. The third-order valence-corrected chi connectivity index (χ3v) is 7.92. The number of likely N-dealkylation sites (N-methyl/N-ethyl adjacent to an activating group) is 1. The number of aliphatic carboxylic acids is 1. The zero-order chi connectivity index (χ0) is 33.9. The van der Waals surface area contributed by atoms with Gasteiger partial charge in [-0.3, -0.25) is 14.4 Å². The summed E-state index contributed by atoms with van der Waals surface area (Å²) in [6, 6.07) is 3.47. The summed E-state index contributed by atoms with van der Waals surface area (Å²) in [7, 11) is 3.68. The molecule has 0 aliphatic heterocycles. The molecule has 1 aromatic carbocycles. The van der Waals surface area contributed by atoms with Crippen LogP contribution in [0.5, 0.6) is 0 Å². The lowest BCUT2D eigenvalue weighted by atomic mass is 9.93. The summed E-state index contributed by atoms with van der Waals surface area (Å²) >= 11 is 0. The van der Waals surface area contributed by atoms with Crippen molar-refractivity contribution in [3.05, 3.63) is 93.0 Å². The summed E-state index contributed by atoms with van der Waals surface area (Å²) in [4.78, 5) is 45.8. The number of fused-ring (bicyclic) bond motifs is 1. The number of rotatable bonds is 13. The number of nitrogens with one attached hydrogen (secondary N) is 1. The second kappa shape index (κ2) is 14.3. The van der Waals surface area contributed by atoms with Gasteiger partial charge < -0.3 is 24.3 Å². The van der Waals surface area contributed by atoms with E-state index < -0.39 is 53.7 Å². The number of imidazole rings is 1. The molecule has 0 fully saturated rings. The van der Waals surface area contributed by atoms with E-state index in [1.165, 1.54) is 24.4 Å². The number of carboxylic acids is 1. The third kappa shape index (κ3) is 7.85. The van der Waals surface area contributed by atoms with Crippen LogP contribution in [0.1, 0.15) is 73.0 Å². The van der Waals surface area contributed by atoms with Crippen LogP contribution in [0.2, 0.25) is 0 Å². The molecule has 2 N–H and O–H groups in total. The Morgan fingerprint density at radius 3 is 2.33 bits per heavy atom. The summed E-state index contributed by atoms with van der Waals surface area (Å²) in [6.07, 6.45) is 3.35. The van der Waals surface area contributed by atoms with Gasteiger partial charge in [-0.2, -0.15) is 0 Å². The van der Waals surface area contributed by atoms with Gasteiger partial charge in [-0.05, 0) is 98.8 Å². The first kappa shape index (κ1) is 34.4. The number of carboxylic acid groups (broad SMARTS) is 1. The zero-order valence-corrected chi connectivity index (χ0v) is 26.9. The van der Waals surface area contributed by atoms with E-state index >= 15 is 0 Å². The second-order valence-corrected chi connectivity index (χ2v) is 12.4. The molecule has 4 rings (SSSR count). The van der Waals surface area contributed by atoms with E-state index in [4.69, 9.17) is 0 Å². The molecule has 3 heterocycles. The van der Waals surface area contributed by atoms with E-state index in [2.05, 4.69) is 10.3 Å². The van der Waals surface area contributed by atoms with E-state index in [0.717, 1.165) is 10.1 Å². The molecule has 4 aromatic rings. The molecule has 0 bridgehead atoms. The summed E-state index contributed by atoms with van der Waals surface area (Å²) in [5.41, 5.74) is 2.45. The van der Waals surface area contributed by atoms with Crippen molar-refractivity contribution in [3.63, 3.8) is 0 Å². The van der Waals surface area contributed by atoms with Crippen molar-refractivity contribution in [3.8, 4) is 11.1 Å². The van der Waals surface area contributed by atoms with Gasteiger partial charge in [0.2, 0.25) is 5.91 Å². The van der Waals surface area contributed by atoms with Crippen molar-refractivity contribution >= 4 is 17.5 Å². The summed E-state index contributed by atoms with van der Waals surface area (Å²) in [6.45, 7) is 7.76. The lowest BCUT2D eigenvalue weighted by Gasteiger charge is -2.26. The standard InChI is InChI=1S/C34H40F3N5O4/c1-19(2)11-28(42-17-22(7-9-40(5)6)14-26(31(36)37)34(42)46)33(45)39-27(16-29(43)44)23-15-25(32-38-8-10-41(32)18-23)30-20(3)12-24(35)13-21(30)4/h8,10,12-15,17-19,27-28,31H,7,9,11,16H2,1-6H3,(H,39,45)(H,43,44)/t27-,28?/m1/s1. The molecular weight excluding hydrogens is 599 g/mol. The number of nitrogens with zero attached hydrogens (tertiary/aromatic N) is 4. The number of alkyl halides is 2. The van der Waals surface area contributed by atoms with Crippen molar-refractivity contribution in [2.75, 3.05) is 20.6 Å². The predicted molar refractivity (Wildman–Crippen MR) is 170 cm³/mol. The summed E-state index contributed by atoms with van der Waals surface area (Å²) < 4.78 is 45.0. The number of pyridine rings is 2. The van der Waals surface area contributed by atoms with Crippen LogP contribution in [-0.4, -0.2) is 56.5 Å². The van der Waals surface area contributed by atoms with Crippen LogP contribution in [0.25, 0.3) is 16.8 Å². The Labute approximate surface area is 265 Å². The van der Waals surface area contributed by atoms with Crippen molar-refractivity contribution in [1.29, 1.82) is 0 Å². The molecule has 1 amide bonds. The molecule has 0 aliphatic carbocycles. The molecule has 9 nitrogen and oxygen atoms in total. The van der Waals surface area contributed by atoms with Gasteiger partial charge in [0.05, 0.1) is 18.0 Å². The van der Waals surface area contributed by atoms with Gasteiger partial charge in [-0.25, -0.2) is 18.2 Å². The Balaban J connectivity index is 1.82. The molecule has 246 valence electrons. The second-order valence-electron chi connectivity index (χ2n) is 12.4. The van der Waals surface area contributed by atoms with Gasteiger partial charge in [-0.1, -0.05) is 13.8 Å². The number of carbonyl (C=O) groups is 2. The van der Waals surface area contributed by atoms with E-state index in [-0.39, 0.29) is 12.3 Å². The Morgan fingerprint density at radius 2 is 1.74 bits per heavy atom. The molecule has 0 saturated heterocycles.